The smallest absolute Gasteiger partial charge is 0.234 e. The highest BCUT2D eigenvalue weighted by molar-refractivity contribution is 5.78. The van der Waals surface area contributed by atoms with Gasteiger partial charge in [0.15, 0.2) is 0 Å². The number of nitrogens with one attached hydrogen (secondary N) is 2. The fraction of sp³-hybridized carbons (Fsp3) is 0.923. The highest BCUT2D eigenvalue weighted by Crippen LogP contribution is 2.21. The van der Waals surface area contributed by atoms with Gasteiger partial charge in [0.05, 0.1) is 12.6 Å². The SMILES string of the molecule is COC1CCC(NCC(=O)NC2CCCC2)C1. The molecule has 1 amide bonds. The first-order valence-corrected chi connectivity index (χ1v) is 6.83. The van der Waals surface area contributed by atoms with Crippen LogP contribution in [0.1, 0.15) is 44.9 Å². The molecule has 0 spiro atoms. The van der Waals surface area contributed by atoms with Crippen molar-refractivity contribution < 1.29 is 9.53 Å². The summed E-state index contributed by atoms with van der Waals surface area (Å²) in [4.78, 5) is 11.7. The Morgan fingerprint density at radius 3 is 2.59 bits per heavy atom. The van der Waals surface area contributed by atoms with Crippen molar-refractivity contribution in [3.8, 4) is 0 Å². The Labute approximate surface area is 103 Å². The standard InChI is InChI=1S/C13H24N2O2/c1-17-12-7-6-11(8-12)14-9-13(16)15-10-4-2-3-5-10/h10-12,14H,2-9H2,1H3,(H,15,16). The van der Waals surface area contributed by atoms with Gasteiger partial charge in [-0.05, 0) is 32.1 Å². The average molecular weight is 240 g/mol. The van der Waals surface area contributed by atoms with E-state index in [0.717, 1.165) is 32.1 Å². The van der Waals surface area contributed by atoms with Crippen LogP contribution in [0.5, 0.6) is 0 Å². The van der Waals surface area contributed by atoms with Crippen LogP contribution in [0, 0.1) is 0 Å². The summed E-state index contributed by atoms with van der Waals surface area (Å²) in [6, 6.07) is 0.883. The molecule has 4 heteroatoms. The predicted octanol–water partition coefficient (Wildman–Crippen LogP) is 1.20. The van der Waals surface area contributed by atoms with E-state index in [1.807, 2.05) is 0 Å². The van der Waals surface area contributed by atoms with E-state index < -0.39 is 0 Å². The van der Waals surface area contributed by atoms with E-state index in [1.165, 1.54) is 12.8 Å². The average Bonchev–Trinajstić information content (AvgIpc) is 2.96. The van der Waals surface area contributed by atoms with Crippen LogP contribution in [0.2, 0.25) is 0 Å². The summed E-state index contributed by atoms with van der Waals surface area (Å²) >= 11 is 0. The Balaban J connectivity index is 1.59. The third-order valence-electron chi connectivity index (χ3n) is 3.99. The minimum absolute atomic E-state index is 0.151. The Morgan fingerprint density at radius 2 is 1.94 bits per heavy atom. The van der Waals surface area contributed by atoms with Gasteiger partial charge in [0, 0.05) is 19.2 Å². The molecule has 2 rings (SSSR count). The Bertz CT molecular complexity index is 252. The van der Waals surface area contributed by atoms with Crippen LogP contribution in [0.15, 0.2) is 0 Å². The largest absolute Gasteiger partial charge is 0.381 e. The van der Waals surface area contributed by atoms with Crippen LogP contribution in [0.25, 0.3) is 0 Å². The third-order valence-corrected chi connectivity index (χ3v) is 3.99. The van der Waals surface area contributed by atoms with E-state index in [9.17, 15) is 4.79 Å². The molecule has 2 N–H and O–H groups in total. The van der Waals surface area contributed by atoms with Crippen molar-refractivity contribution in [3.05, 3.63) is 0 Å². The summed E-state index contributed by atoms with van der Waals surface area (Å²) < 4.78 is 5.32. The molecule has 2 atom stereocenters. The number of hydrogen-bond donors (Lipinski definition) is 2. The van der Waals surface area contributed by atoms with E-state index >= 15 is 0 Å². The Kier molecular flexibility index (Phi) is 4.80. The zero-order valence-corrected chi connectivity index (χ0v) is 10.7. The van der Waals surface area contributed by atoms with Gasteiger partial charge in [-0.25, -0.2) is 0 Å². The molecule has 2 aliphatic rings. The van der Waals surface area contributed by atoms with Crippen molar-refractivity contribution in [2.75, 3.05) is 13.7 Å². The van der Waals surface area contributed by atoms with E-state index in [2.05, 4.69) is 10.6 Å². The van der Waals surface area contributed by atoms with Gasteiger partial charge in [0.2, 0.25) is 5.91 Å². The number of hydrogen-bond acceptors (Lipinski definition) is 3. The summed E-state index contributed by atoms with van der Waals surface area (Å²) in [6.07, 6.45) is 8.47. The van der Waals surface area contributed by atoms with E-state index in [-0.39, 0.29) is 5.91 Å². The van der Waals surface area contributed by atoms with Crippen molar-refractivity contribution in [2.24, 2.45) is 0 Å². The number of carbonyl (C=O) groups is 1. The number of carbonyl (C=O) groups excluding carboxylic acids is 1. The summed E-state index contributed by atoms with van der Waals surface area (Å²) in [7, 11) is 1.76. The van der Waals surface area contributed by atoms with Crippen LogP contribution in [-0.4, -0.2) is 37.7 Å². The van der Waals surface area contributed by atoms with Gasteiger partial charge in [0.1, 0.15) is 0 Å². The van der Waals surface area contributed by atoms with Gasteiger partial charge in [-0.3, -0.25) is 4.79 Å². The van der Waals surface area contributed by atoms with Crippen molar-refractivity contribution in [1.29, 1.82) is 0 Å². The molecule has 4 nitrogen and oxygen atoms in total. The highest BCUT2D eigenvalue weighted by Gasteiger charge is 2.24. The van der Waals surface area contributed by atoms with Gasteiger partial charge < -0.3 is 15.4 Å². The van der Waals surface area contributed by atoms with Crippen LogP contribution >= 0.6 is 0 Å². The predicted molar refractivity (Wildman–Crippen MR) is 66.8 cm³/mol. The summed E-state index contributed by atoms with van der Waals surface area (Å²) in [5, 5.41) is 6.42. The van der Waals surface area contributed by atoms with Crippen molar-refractivity contribution in [3.63, 3.8) is 0 Å². The van der Waals surface area contributed by atoms with E-state index in [0.29, 0.717) is 24.7 Å². The topological polar surface area (TPSA) is 50.4 Å². The third kappa shape index (κ3) is 3.96. The summed E-state index contributed by atoms with van der Waals surface area (Å²) in [5.41, 5.74) is 0. The summed E-state index contributed by atoms with van der Waals surface area (Å²) in [5.74, 6) is 0.151. The first kappa shape index (κ1) is 12.8. The van der Waals surface area contributed by atoms with Gasteiger partial charge in [-0.1, -0.05) is 12.8 Å². The number of methoxy groups -OCH3 is 1. The Morgan fingerprint density at radius 1 is 1.18 bits per heavy atom. The lowest BCUT2D eigenvalue weighted by molar-refractivity contribution is -0.121. The number of ether oxygens (including phenoxy) is 1. The van der Waals surface area contributed by atoms with Crippen LogP contribution < -0.4 is 10.6 Å². The zero-order valence-electron chi connectivity index (χ0n) is 10.7. The second kappa shape index (κ2) is 6.36. The first-order chi connectivity index (χ1) is 8.28. The molecule has 98 valence electrons. The van der Waals surface area contributed by atoms with Crippen LogP contribution in [-0.2, 0) is 9.53 Å². The molecule has 0 saturated heterocycles. The second-order valence-corrected chi connectivity index (χ2v) is 5.30. The lowest BCUT2D eigenvalue weighted by Gasteiger charge is -2.15. The fourth-order valence-electron chi connectivity index (χ4n) is 2.93. The first-order valence-electron chi connectivity index (χ1n) is 6.83. The maximum atomic E-state index is 11.7. The number of rotatable bonds is 5. The van der Waals surface area contributed by atoms with Crippen LogP contribution in [0.3, 0.4) is 0 Å². The minimum atomic E-state index is 0.151. The molecule has 2 aliphatic carbocycles. The fourth-order valence-corrected chi connectivity index (χ4v) is 2.93. The molecule has 2 fully saturated rings. The molecular formula is C13H24N2O2. The van der Waals surface area contributed by atoms with Crippen molar-refractivity contribution >= 4 is 5.91 Å². The zero-order chi connectivity index (χ0) is 12.1. The van der Waals surface area contributed by atoms with Crippen molar-refractivity contribution in [2.45, 2.75) is 63.1 Å². The molecule has 0 aromatic rings. The molecule has 0 aromatic heterocycles. The molecular weight excluding hydrogens is 216 g/mol. The van der Waals surface area contributed by atoms with E-state index in [1.54, 1.807) is 7.11 Å². The van der Waals surface area contributed by atoms with Crippen LogP contribution in [0.4, 0.5) is 0 Å². The number of amides is 1. The van der Waals surface area contributed by atoms with Crippen molar-refractivity contribution in [1.82, 2.24) is 10.6 Å². The molecule has 17 heavy (non-hydrogen) atoms. The van der Waals surface area contributed by atoms with Gasteiger partial charge in [0.25, 0.3) is 0 Å². The maximum absolute atomic E-state index is 11.7. The molecule has 2 unspecified atom stereocenters. The molecule has 2 saturated carbocycles. The van der Waals surface area contributed by atoms with E-state index in [4.69, 9.17) is 4.74 Å². The molecule has 0 heterocycles. The Hall–Kier alpha value is -0.610. The molecule has 0 radical (unpaired) electrons. The van der Waals surface area contributed by atoms with Gasteiger partial charge in [-0.2, -0.15) is 0 Å². The molecule has 0 bridgehead atoms. The molecule has 0 aromatic carbocycles. The highest BCUT2D eigenvalue weighted by atomic mass is 16.5. The second-order valence-electron chi connectivity index (χ2n) is 5.30. The lowest BCUT2D eigenvalue weighted by atomic mass is 10.2. The molecule has 0 aliphatic heterocycles. The maximum Gasteiger partial charge on any atom is 0.234 e. The quantitative estimate of drug-likeness (QED) is 0.759. The normalized spacial score (nSPS) is 29.7. The lowest BCUT2D eigenvalue weighted by Crippen LogP contribution is -2.41. The summed E-state index contributed by atoms with van der Waals surface area (Å²) in [6.45, 7) is 0.456. The van der Waals surface area contributed by atoms with Gasteiger partial charge >= 0.3 is 0 Å². The minimum Gasteiger partial charge on any atom is -0.381 e. The monoisotopic (exact) mass is 240 g/mol. The van der Waals surface area contributed by atoms with Gasteiger partial charge in [-0.15, -0.1) is 0 Å².